The minimum absolute atomic E-state index is 0.126. The molecule has 0 aliphatic rings. The van der Waals surface area contributed by atoms with Crippen LogP contribution in [0, 0.1) is 0 Å². The predicted molar refractivity (Wildman–Crippen MR) is 63.4 cm³/mol. The van der Waals surface area contributed by atoms with Gasteiger partial charge in [-0.25, -0.2) is 4.98 Å². The lowest BCUT2D eigenvalue weighted by Crippen LogP contribution is -2.22. The van der Waals surface area contributed by atoms with Crippen molar-refractivity contribution in [1.82, 2.24) is 15.3 Å². The summed E-state index contributed by atoms with van der Waals surface area (Å²) < 4.78 is 0. The highest BCUT2D eigenvalue weighted by molar-refractivity contribution is 7.13. The van der Waals surface area contributed by atoms with E-state index >= 15 is 0 Å². The zero-order chi connectivity index (χ0) is 11.4. The molecule has 2 aromatic rings. The van der Waals surface area contributed by atoms with Crippen molar-refractivity contribution in [3.05, 3.63) is 35.6 Å². The lowest BCUT2D eigenvalue weighted by Gasteiger charge is -1.96. The number of carbonyl (C=O) groups excluding carboxylic acids is 1. The van der Waals surface area contributed by atoms with Crippen molar-refractivity contribution < 1.29 is 4.79 Å². The maximum Gasteiger partial charge on any atom is 0.270 e. The van der Waals surface area contributed by atoms with Crippen molar-refractivity contribution in [2.45, 2.75) is 6.92 Å². The van der Waals surface area contributed by atoms with Gasteiger partial charge in [0.05, 0.1) is 0 Å². The molecule has 0 fully saturated rings. The van der Waals surface area contributed by atoms with E-state index in [0.29, 0.717) is 12.2 Å². The maximum absolute atomic E-state index is 11.5. The molecule has 0 aliphatic carbocycles. The number of nitrogens with zero attached hydrogens (tertiary/aromatic N) is 2. The second kappa shape index (κ2) is 4.85. The molecule has 4 nitrogen and oxygen atoms in total. The summed E-state index contributed by atoms with van der Waals surface area (Å²) in [5, 5.41) is 5.32. The van der Waals surface area contributed by atoms with Gasteiger partial charge in [0.15, 0.2) is 0 Å². The van der Waals surface area contributed by atoms with Crippen LogP contribution in [0.4, 0.5) is 0 Å². The molecule has 0 radical (unpaired) electrons. The van der Waals surface area contributed by atoms with Gasteiger partial charge < -0.3 is 5.32 Å². The summed E-state index contributed by atoms with van der Waals surface area (Å²) in [6.45, 7) is 2.50. The molecule has 0 unspecified atom stereocenters. The molecule has 1 amide bonds. The van der Waals surface area contributed by atoms with Crippen molar-refractivity contribution in [2.24, 2.45) is 0 Å². The number of aromatic nitrogens is 2. The molecule has 0 aliphatic heterocycles. The highest BCUT2D eigenvalue weighted by Crippen LogP contribution is 2.22. The number of rotatable bonds is 3. The zero-order valence-electron chi connectivity index (χ0n) is 8.80. The summed E-state index contributed by atoms with van der Waals surface area (Å²) in [4.78, 5) is 19.7. The molecular formula is C11H11N3OS. The largest absolute Gasteiger partial charge is 0.351 e. The Hall–Kier alpha value is -1.75. The number of thiazole rings is 1. The van der Waals surface area contributed by atoms with Crippen LogP contribution in [0.3, 0.4) is 0 Å². The number of carbonyl (C=O) groups is 1. The Balaban J connectivity index is 2.23. The fraction of sp³-hybridized carbons (Fsp3) is 0.182. The third-order valence-corrected chi connectivity index (χ3v) is 2.89. The lowest BCUT2D eigenvalue weighted by atomic mass is 10.3. The van der Waals surface area contributed by atoms with Gasteiger partial charge in [0.2, 0.25) is 0 Å². The molecular weight excluding hydrogens is 222 g/mol. The van der Waals surface area contributed by atoms with Crippen molar-refractivity contribution in [2.75, 3.05) is 6.54 Å². The van der Waals surface area contributed by atoms with Gasteiger partial charge in [-0.3, -0.25) is 9.78 Å². The van der Waals surface area contributed by atoms with Gasteiger partial charge >= 0.3 is 0 Å². The molecule has 1 N–H and O–H groups in total. The Labute approximate surface area is 97.4 Å². The highest BCUT2D eigenvalue weighted by Gasteiger charge is 2.10. The number of hydrogen-bond acceptors (Lipinski definition) is 4. The molecule has 2 heterocycles. The van der Waals surface area contributed by atoms with Gasteiger partial charge in [-0.05, 0) is 19.1 Å². The fourth-order valence-corrected chi connectivity index (χ4v) is 2.06. The predicted octanol–water partition coefficient (Wildman–Crippen LogP) is 1.95. The number of nitrogens with one attached hydrogen (secondary N) is 1. The van der Waals surface area contributed by atoms with Crippen LogP contribution < -0.4 is 5.32 Å². The van der Waals surface area contributed by atoms with Crippen molar-refractivity contribution in [3.8, 4) is 10.6 Å². The molecule has 0 bridgehead atoms. The number of hydrogen-bond donors (Lipinski definition) is 1. The van der Waals surface area contributed by atoms with E-state index in [1.54, 1.807) is 17.8 Å². The van der Waals surface area contributed by atoms with E-state index in [-0.39, 0.29) is 5.91 Å². The highest BCUT2D eigenvalue weighted by atomic mass is 32.1. The number of pyridine rings is 1. The molecule has 5 heteroatoms. The van der Waals surface area contributed by atoms with Crippen LogP contribution in [0.2, 0.25) is 0 Å². The first-order valence-electron chi connectivity index (χ1n) is 4.95. The van der Waals surface area contributed by atoms with E-state index in [2.05, 4.69) is 15.3 Å². The molecule has 2 rings (SSSR count). The monoisotopic (exact) mass is 233 g/mol. The maximum atomic E-state index is 11.5. The summed E-state index contributed by atoms with van der Waals surface area (Å²) in [6.07, 6.45) is 3.42. The summed E-state index contributed by atoms with van der Waals surface area (Å²) in [7, 11) is 0. The van der Waals surface area contributed by atoms with E-state index in [0.717, 1.165) is 10.6 Å². The summed E-state index contributed by atoms with van der Waals surface area (Å²) in [5.41, 5.74) is 1.45. The van der Waals surface area contributed by atoms with Crippen LogP contribution in [0.15, 0.2) is 29.9 Å². The Morgan fingerprint density at radius 1 is 1.44 bits per heavy atom. The first-order chi connectivity index (χ1) is 7.81. The minimum Gasteiger partial charge on any atom is -0.351 e. The van der Waals surface area contributed by atoms with E-state index in [1.165, 1.54) is 11.3 Å². The van der Waals surface area contributed by atoms with Crippen LogP contribution in [-0.4, -0.2) is 22.4 Å². The second-order valence-corrected chi connectivity index (χ2v) is 3.99. The molecule has 0 saturated heterocycles. The lowest BCUT2D eigenvalue weighted by molar-refractivity contribution is 0.0951. The minimum atomic E-state index is -0.126. The van der Waals surface area contributed by atoms with Crippen molar-refractivity contribution in [1.29, 1.82) is 0 Å². The van der Waals surface area contributed by atoms with Crippen LogP contribution in [0.25, 0.3) is 10.6 Å². The topological polar surface area (TPSA) is 54.9 Å². The van der Waals surface area contributed by atoms with Crippen molar-refractivity contribution in [3.63, 3.8) is 0 Å². The molecule has 2 aromatic heterocycles. The summed E-state index contributed by atoms with van der Waals surface area (Å²) >= 11 is 1.46. The van der Waals surface area contributed by atoms with Crippen LogP contribution >= 0.6 is 11.3 Å². The van der Waals surface area contributed by atoms with Gasteiger partial charge in [-0.2, -0.15) is 0 Å². The second-order valence-electron chi connectivity index (χ2n) is 3.13. The first-order valence-corrected chi connectivity index (χ1v) is 5.83. The Morgan fingerprint density at radius 3 is 2.88 bits per heavy atom. The molecule has 0 aromatic carbocycles. The van der Waals surface area contributed by atoms with Crippen LogP contribution in [0.1, 0.15) is 17.4 Å². The van der Waals surface area contributed by atoms with E-state index in [4.69, 9.17) is 0 Å². The Kier molecular flexibility index (Phi) is 3.26. The van der Waals surface area contributed by atoms with Gasteiger partial charge in [0.25, 0.3) is 5.91 Å². The van der Waals surface area contributed by atoms with Crippen molar-refractivity contribution >= 4 is 17.2 Å². The summed E-state index contributed by atoms with van der Waals surface area (Å²) in [6, 6.07) is 3.75. The number of amides is 1. The fourth-order valence-electron chi connectivity index (χ4n) is 1.26. The molecule has 0 saturated carbocycles. The SMILES string of the molecule is CCNC(=O)c1csc(-c2ccncc2)n1. The molecule has 82 valence electrons. The molecule has 0 spiro atoms. The standard InChI is InChI=1S/C11H11N3OS/c1-2-13-10(15)9-7-16-11(14-9)8-3-5-12-6-4-8/h3-7H,2H2,1H3,(H,13,15). The quantitative estimate of drug-likeness (QED) is 0.881. The molecule has 16 heavy (non-hydrogen) atoms. The summed E-state index contributed by atoms with van der Waals surface area (Å²) in [5.74, 6) is -0.126. The third-order valence-electron chi connectivity index (χ3n) is 2.00. The van der Waals surface area contributed by atoms with E-state index < -0.39 is 0 Å². The molecule has 0 atom stereocenters. The smallest absolute Gasteiger partial charge is 0.270 e. The Bertz CT molecular complexity index is 481. The van der Waals surface area contributed by atoms with E-state index in [1.807, 2.05) is 19.1 Å². The van der Waals surface area contributed by atoms with Gasteiger partial charge in [-0.15, -0.1) is 11.3 Å². The van der Waals surface area contributed by atoms with Gasteiger partial charge in [0.1, 0.15) is 10.7 Å². The average molecular weight is 233 g/mol. The van der Waals surface area contributed by atoms with E-state index in [9.17, 15) is 4.79 Å². The van der Waals surface area contributed by atoms with Crippen LogP contribution in [-0.2, 0) is 0 Å². The Morgan fingerprint density at radius 2 is 2.19 bits per heavy atom. The van der Waals surface area contributed by atoms with Gasteiger partial charge in [0, 0.05) is 29.9 Å². The van der Waals surface area contributed by atoms with Gasteiger partial charge in [-0.1, -0.05) is 0 Å². The first kappa shape index (κ1) is 10.8. The average Bonchev–Trinajstić information content (AvgIpc) is 2.80. The third kappa shape index (κ3) is 2.25. The zero-order valence-corrected chi connectivity index (χ0v) is 9.62. The van der Waals surface area contributed by atoms with Crippen LogP contribution in [0.5, 0.6) is 0 Å². The normalized spacial score (nSPS) is 10.1.